The average Bonchev–Trinajstić information content (AvgIpc) is 2.45. The van der Waals surface area contributed by atoms with Crippen LogP contribution < -0.4 is 5.43 Å². The Morgan fingerprint density at radius 2 is 1.82 bits per heavy atom. The highest BCUT2D eigenvalue weighted by molar-refractivity contribution is 6.04. The van der Waals surface area contributed by atoms with Crippen molar-refractivity contribution in [3.8, 4) is 0 Å². The van der Waals surface area contributed by atoms with Crippen molar-refractivity contribution < 1.29 is 23.1 Å². The van der Waals surface area contributed by atoms with Crippen LogP contribution in [0.5, 0.6) is 0 Å². The number of hydrogen-bond acceptors (Lipinski definition) is 2. The fourth-order valence-corrected chi connectivity index (χ4v) is 2.35. The summed E-state index contributed by atoms with van der Waals surface area (Å²) in [6.45, 7) is 0. The van der Waals surface area contributed by atoms with Gasteiger partial charge >= 0.3 is 12.1 Å². The molecule has 1 heterocycles. The fourth-order valence-electron chi connectivity index (χ4n) is 2.35. The summed E-state index contributed by atoms with van der Waals surface area (Å²) >= 11 is 0. The van der Waals surface area contributed by atoms with Crippen molar-refractivity contribution in [3.05, 3.63) is 57.7 Å². The number of carbonyl (C=O) groups is 1. The number of alkyl halides is 3. The number of aromatic carboxylic acids is 1. The van der Waals surface area contributed by atoms with E-state index in [0.717, 1.165) is 18.2 Å². The van der Waals surface area contributed by atoms with Crippen LogP contribution in [0.25, 0.3) is 21.8 Å². The molecule has 0 bridgehead atoms. The molecule has 0 amide bonds. The predicted octanol–water partition coefficient (Wildman–Crippen LogP) is 3.40. The van der Waals surface area contributed by atoms with Gasteiger partial charge in [0.15, 0.2) is 5.43 Å². The molecule has 3 aromatic rings. The Kier molecular flexibility index (Phi) is 2.94. The zero-order valence-corrected chi connectivity index (χ0v) is 10.9. The molecule has 0 unspecified atom stereocenters. The van der Waals surface area contributed by atoms with Gasteiger partial charge < -0.3 is 10.1 Å². The first kappa shape index (κ1) is 14.1. The number of para-hydroxylation sites is 1. The third kappa shape index (κ3) is 2.11. The summed E-state index contributed by atoms with van der Waals surface area (Å²) in [4.78, 5) is 26.3. The van der Waals surface area contributed by atoms with E-state index in [1.54, 1.807) is 0 Å². The van der Waals surface area contributed by atoms with Crippen molar-refractivity contribution in [2.24, 2.45) is 0 Å². The molecule has 0 radical (unpaired) electrons. The average molecular weight is 307 g/mol. The smallest absolute Gasteiger partial charge is 0.416 e. The van der Waals surface area contributed by atoms with E-state index >= 15 is 0 Å². The summed E-state index contributed by atoms with van der Waals surface area (Å²) in [5, 5.41) is 9.03. The third-order valence-electron chi connectivity index (χ3n) is 3.39. The summed E-state index contributed by atoms with van der Waals surface area (Å²) < 4.78 is 38.2. The number of hydrogen-bond donors (Lipinski definition) is 2. The lowest BCUT2D eigenvalue weighted by atomic mass is 10.0. The Morgan fingerprint density at radius 3 is 2.45 bits per heavy atom. The first-order valence-electron chi connectivity index (χ1n) is 6.18. The van der Waals surface area contributed by atoms with E-state index in [1.807, 2.05) is 0 Å². The van der Waals surface area contributed by atoms with E-state index < -0.39 is 23.1 Å². The Morgan fingerprint density at radius 1 is 1.09 bits per heavy atom. The number of rotatable bonds is 1. The fraction of sp³-hybridized carbons (Fsp3) is 0.0667. The quantitative estimate of drug-likeness (QED) is 0.677. The summed E-state index contributed by atoms with van der Waals surface area (Å²) in [6.07, 6.45) is -4.56. The van der Waals surface area contributed by atoms with Gasteiger partial charge in [-0.2, -0.15) is 13.2 Å². The molecule has 112 valence electrons. The number of H-pyrrole nitrogens is 1. The molecule has 1 aromatic heterocycles. The molecule has 4 nitrogen and oxygen atoms in total. The molecular weight excluding hydrogens is 299 g/mol. The van der Waals surface area contributed by atoms with Crippen molar-refractivity contribution in [1.29, 1.82) is 0 Å². The van der Waals surface area contributed by atoms with Crippen molar-refractivity contribution in [1.82, 2.24) is 4.98 Å². The summed E-state index contributed by atoms with van der Waals surface area (Å²) in [6, 6.07) is 6.80. The van der Waals surface area contributed by atoms with Gasteiger partial charge in [-0.1, -0.05) is 6.07 Å². The van der Waals surface area contributed by atoms with Crippen molar-refractivity contribution in [2.75, 3.05) is 0 Å². The molecule has 0 aliphatic carbocycles. The Balaban J connectivity index is 2.45. The zero-order valence-electron chi connectivity index (χ0n) is 10.9. The van der Waals surface area contributed by atoms with Crippen LogP contribution in [0.1, 0.15) is 15.9 Å². The number of aromatic nitrogens is 1. The minimum absolute atomic E-state index is 0.0340. The molecule has 2 aromatic carbocycles. The first-order chi connectivity index (χ1) is 10.3. The highest BCUT2D eigenvalue weighted by atomic mass is 19.4. The van der Waals surface area contributed by atoms with Crippen LogP contribution in [0.3, 0.4) is 0 Å². The first-order valence-corrected chi connectivity index (χ1v) is 6.18. The summed E-state index contributed by atoms with van der Waals surface area (Å²) in [5.41, 5.74) is -1.44. The lowest BCUT2D eigenvalue weighted by Crippen LogP contribution is -2.10. The molecule has 0 fully saturated rings. The highest BCUT2D eigenvalue weighted by Crippen LogP contribution is 2.31. The zero-order chi connectivity index (χ0) is 16.1. The van der Waals surface area contributed by atoms with Crippen LogP contribution >= 0.6 is 0 Å². The molecule has 22 heavy (non-hydrogen) atoms. The molecule has 0 atom stereocenters. The van der Waals surface area contributed by atoms with Gasteiger partial charge in [0.05, 0.1) is 16.6 Å². The second kappa shape index (κ2) is 4.59. The Bertz CT molecular complexity index is 973. The molecule has 0 saturated carbocycles. The van der Waals surface area contributed by atoms with Gasteiger partial charge in [0, 0.05) is 16.3 Å². The van der Waals surface area contributed by atoms with Gasteiger partial charge in [0.25, 0.3) is 0 Å². The number of carboxylic acids is 1. The molecule has 3 rings (SSSR count). The van der Waals surface area contributed by atoms with Gasteiger partial charge in [-0.3, -0.25) is 4.79 Å². The molecule has 0 saturated heterocycles. The second-order valence-electron chi connectivity index (χ2n) is 4.75. The Labute approximate surface area is 120 Å². The number of pyridine rings is 1. The van der Waals surface area contributed by atoms with Gasteiger partial charge in [-0.15, -0.1) is 0 Å². The second-order valence-corrected chi connectivity index (χ2v) is 4.75. The van der Waals surface area contributed by atoms with Crippen LogP contribution in [0.2, 0.25) is 0 Å². The lowest BCUT2D eigenvalue weighted by Gasteiger charge is -2.09. The van der Waals surface area contributed by atoms with E-state index in [0.29, 0.717) is 0 Å². The highest BCUT2D eigenvalue weighted by Gasteiger charge is 2.30. The maximum absolute atomic E-state index is 12.7. The maximum atomic E-state index is 12.7. The van der Waals surface area contributed by atoms with Crippen LogP contribution in [0.4, 0.5) is 13.2 Å². The predicted molar refractivity (Wildman–Crippen MR) is 74.0 cm³/mol. The number of nitrogens with one attached hydrogen (secondary N) is 1. The number of halogens is 3. The van der Waals surface area contributed by atoms with Crippen LogP contribution in [-0.2, 0) is 6.18 Å². The van der Waals surface area contributed by atoms with Gasteiger partial charge in [0.1, 0.15) is 0 Å². The van der Waals surface area contributed by atoms with Gasteiger partial charge in [-0.05, 0) is 30.3 Å². The molecular formula is C15H8F3NO3. The SMILES string of the molecule is O=C(O)c1cccc2c(=O)c3cc(C(F)(F)F)ccc3[nH]c12. The molecule has 2 N–H and O–H groups in total. The van der Waals surface area contributed by atoms with Crippen LogP contribution in [0, 0.1) is 0 Å². The van der Waals surface area contributed by atoms with Crippen LogP contribution in [-0.4, -0.2) is 16.1 Å². The van der Waals surface area contributed by atoms with E-state index in [1.165, 1.54) is 18.2 Å². The Hall–Kier alpha value is -2.83. The van der Waals surface area contributed by atoms with Crippen molar-refractivity contribution >= 4 is 27.8 Å². The van der Waals surface area contributed by atoms with Gasteiger partial charge in [0.2, 0.25) is 0 Å². The topological polar surface area (TPSA) is 70.2 Å². The third-order valence-corrected chi connectivity index (χ3v) is 3.39. The van der Waals surface area contributed by atoms with E-state index in [-0.39, 0.29) is 27.4 Å². The summed E-state index contributed by atoms with van der Waals surface area (Å²) in [5.74, 6) is -1.23. The lowest BCUT2D eigenvalue weighted by molar-refractivity contribution is -0.137. The standard InChI is InChI=1S/C15H8F3NO3/c16-15(17,18)7-4-5-11-10(6-7)13(20)8-2-1-3-9(14(21)22)12(8)19-11/h1-6H,(H,19,20)(H,21,22). The number of carboxylic acid groups (broad SMARTS) is 1. The van der Waals surface area contributed by atoms with E-state index in [9.17, 15) is 22.8 Å². The normalized spacial score (nSPS) is 12.0. The summed E-state index contributed by atoms with van der Waals surface area (Å²) in [7, 11) is 0. The van der Waals surface area contributed by atoms with Crippen LogP contribution in [0.15, 0.2) is 41.2 Å². The maximum Gasteiger partial charge on any atom is 0.416 e. The molecule has 0 aliphatic heterocycles. The number of benzene rings is 2. The van der Waals surface area contributed by atoms with E-state index in [4.69, 9.17) is 5.11 Å². The number of aromatic amines is 1. The minimum Gasteiger partial charge on any atom is -0.478 e. The van der Waals surface area contributed by atoms with E-state index in [2.05, 4.69) is 4.98 Å². The molecule has 0 spiro atoms. The largest absolute Gasteiger partial charge is 0.478 e. The van der Waals surface area contributed by atoms with Crippen molar-refractivity contribution in [3.63, 3.8) is 0 Å². The van der Waals surface area contributed by atoms with Crippen molar-refractivity contribution in [2.45, 2.75) is 6.18 Å². The van der Waals surface area contributed by atoms with Gasteiger partial charge in [-0.25, -0.2) is 4.79 Å². The monoisotopic (exact) mass is 307 g/mol. The minimum atomic E-state index is -4.56. The molecule has 7 heteroatoms. The number of fused-ring (bicyclic) bond motifs is 2. The molecule has 0 aliphatic rings.